The Morgan fingerprint density at radius 3 is 1.95 bits per heavy atom. The van der Waals surface area contributed by atoms with Crippen LogP contribution in [0.25, 0.3) is 6.08 Å². The van der Waals surface area contributed by atoms with Crippen LogP contribution >= 0.6 is 0 Å². The van der Waals surface area contributed by atoms with Crippen LogP contribution < -0.4 is 19.9 Å². The van der Waals surface area contributed by atoms with Gasteiger partial charge < -0.3 is 19.9 Å². The zero-order chi connectivity index (χ0) is 14.4. The third-order valence-electron chi connectivity index (χ3n) is 3.02. The highest BCUT2D eigenvalue weighted by Crippen LogP contribution is 2.38. The molecule has 2 N–H and O–H groups in total. The van der Waals surface area contributed by atoms with E-state index >= 15 is 0 Å². The first-order chi connectivity index (χ1) is 9.07. The summed E-state index contributed by atoms with van der Waals surface area (Å²) in [7, 11) is 4.81. The molecule has 0 aliphatic rings. The monoisotopic (exact) mass is 265 g/mol. The van der Waals surface area contributed by atoms with E-state index in [9.17, 15) is 0 Å². The quantitative estimate of drug-likeness (QED) is 0.859. The number of hydrogen-bond acceptors (Lipinski definition) is 4. The minimum Gasteiger partial charge on any atom is -0.493 e. The van der Waals surface area contributed by atoms with Crippen LogP contribution in [0.4, 0.5) is 0 Å². The molecule has 0 radical (unpaired) electrons. The number of benzene rings is 1. The number of methoxy groups -OCH3 is 3. The lowest BCUT2D eigenvalue weighted by atomic mass is 10.00. The second kappa shape index (κ2) is 7.04. The molecule has 4 nitrogen and oxygen atoms in total. The molecule has 4 heteroatoms. The van der Waals surface area contributed by atoms with Crippen LogP contribution in [-0.4, -0.2) is 27.9 Å². The Balaban J connectivity index is 3.30. The van der Waals surface area contributed by atoms with Gasteiger partial charge in [0.15, 0.2) is 11.5 Å². The topological polar surface area (TPSA) is 53.7 Å². The van der Waals surface area contributed by atoms with E-state index in [-0.39, 0.29) is 0 Å². The summed E-state index contributed by atoms with van der Waals surface area (Å²) < 4.78 is 16.0. The van der Waals surface area contributed by atoms with Crippen molar-refractivity contribution in [3.8, 4) is 17.2 Å². The van der Waals surface area contributed by atoms with Gasteiger partial charge in [-0.05, 0) is 23.6 Å². The Morgan fingerprint density at radius 2 is 1.63 bits per heavy atom. The average Bonchev–Trinajstić information content (AvgIpc) is 2.42. The van der Waals surface area contributed by atoms with Crippen LogP contribution in [0.15, 0.2) is 17.7 Å². The molecular weight excluding hydrogens is 242 g/mol. The first kappa shape index (κ1) is 15.4. The highest BCUT2D eigenvalue weighted by molar-refractivity contribution is 5.63. The number of ether oxygens (including phenoxy) is 3. The summed E-state index contributed by atoms with van der Waals surface area (Å²) in [5, 5.41) is 0. The highest BCUT2D eigenvalue weighted by atomic mass is 16.5. The Hall–Kier alpha value is -1.68. The fourth-order valence-corrected chi connectivity index (χ4v) is 1.86. The molecule has 0 aromatic heterocycles. The van der Waals surface area contributed by atoms with Gasteiger partial charge in [0.2, 0.25) is 5.75 Å². The number of rotatable bonds is 6. The highest BCUT2D eigenvalue weighted by Gasteiger charge is 2.12. The van der Waals surface area contributed by atoms with Crippen LogP contribution in [-0.2, 0) is 0 Å². The van der Waals surface area contributed by atoms with E-state index in [0.29, 0.717) is 29.7 Å². The lowest BCUT2D eigenvalue weighted by molar-refractivity contribution is 0.324. The van der Waals surface area contributed by atoms with E-state index in [4.69, 9.17) is 19.9 Å². The molecule has 106 valence electrons. The van der Waals surface area contributed by atoms with Gasteiger partial charge in [-0.1, -0.05) is 25.5 Å². The minimum atomic E-state index is 0.407. The van der Waals surface area contributed by atoms with Crippen molar-refractivity contribution in [2.24, 2.45) is 11.7 Å². The zero-order valence-electron chi connectivity index (χ0n) is 12.3. The Morgan fingerprint density at radius 1 is 1.11 bits per heavy atom. The van der Waals surface area contributed by atoms with Crippen LogP contribution in [0, 0.1) is 5.92 Å². The molecular formula is C15H23NO3. The molecule has 19 heavy (non-hydrogen) atoms. The third-order valence-corrected chi connectivity index (χ3v) is 3.02. The molecule has 0 atom stereocenters. The normalized spacial score (nSPS) is 11.6. The van der Waals surface area contributed by atoms with Gasteiger partial charge in [-0.15, -0.1) is 0 Å². The average molecular weight is 265 g/mol. The molecule has 0 fully saturated rings. The molecule has 1 aromatic carbocycles. The van der Waals surface area contributed by atoms with Gasteiger partial charge in [0.25, 0.3) is 0 Å². The second-order valence-electron chi connectivity index (χ2n) is 4.54. The summed E-state index contributed by atoms with van der Waals surface area (Å²) in [6.45, 7) is 4.78. The Bertz CT molecular complexity index is 428. The van der Waals surface area contributed by atoms with Crippen molar-refractivity contribution in [1.82, 2.24) is 0 Å². The lowest BCUT2D eigenvalue weighted by Crippen LogP contribution is -2.08. The predicted molar refractivity (Wildman–Crippen MR) is 78.0 cm³/mol. The lowest BCUT2D eigenvalue weighted by Gasteiger charge is -2.14. The van der Waals surface area contributed by atoms with E-state index in [2.05, 4.69) is 19.9 Å². The molecule has 0 amide bonds. The Labute approximate surface area is 115 Å². The maximum atomic E-state index is 5.76. The molecule has 0 aliphatic carbocycles. The first-order valence-corrected chi connectivity index (χ1v) is 6.27. The van der Waals surface area contributed by atoms with Crippen LogP contribution in [0.1, 0.15) is 19.4 Å². The van der Waals surface area contributed by atoms with E-state index < -0.39 is 0 Å². The van der Waals surface area contributed by atoms with Crippen molar-refractivity contribution in [3.05, 3.63) is 23.3 Å². The fourth-order valence-electron chi connectivity index (χ4n) is 1.86. The number of nitrogens with two attached hydrogens (primary N) is 1. The third kappa shape index (κ3) is 3.64. The largest absolute Gasteiger partial charge is 0.493 e. The summed E-state index contributed by atoms with van der Waals surface area (Å²) in [5.41, 5.74) is 7.93. The molecule has 0 saturated heterocycles. The van der Waals surface area contributed by atoms with E-state index in [0.717, 1.165) is 5.56 Å². The van der Waals surface area contributed by atoms with Crippen molar-refractivity contribution in [3.63, 3.8) is 0 Å². The van der Waals surface area contributed by atoms with Gasteiger partial charge in [0.1, 0.15) is 0 Å². The summed E-state index contributed by atoms with van der Waals surface area (Å²) >= 11 is 0. The first-order valence-electron chi connectivity index (χ1n) is 6.27. The molecule has 0 bridgehead atoms. The van der Waals surface area contributed by atoms with Gasteiger partial charge in [-0.3, -0.25) is 0 Å². The van der Waals surface area contributed by atoms with E-state index in [1.54, 1.807) is 21.3 Å². The predicted octanol–water partition coefficient (Wildman–Crippen LogP) is 2.71. The Kier molecular flexibility index (Phi) is 5.70. The molecule has 0 saturated carbocycles. The van der Waals surface area contributed by atoms with E-state index in [1.807, 2.05) is 12.1 Å². The van der Waals surface area contributed by atoms with Crippen molar-refractivity contribution in [2.75, 3.05) is 27.9 Å². The summed E-state index contributed by atoms with van der Waals surface area (Å²) in [4.78, 5) is 0. The number of hydrogen-bond donors (Lipinski definition) is 1. The molecule has 0 spiro atoms. The minimum absolute atomic E-state index is 0.407. The van der Waals surface area contributed by atoms with E-state index in [1.165, 1.54) is 5.57 Å². The van der Waals surface area contributed by atoms with Crippen molar-refractivity contribution >= 4 is 6.08 Å². The molecule has 0 unspecified atom stereocenters. The molecule has 0 aliphatic heterocycles. The SMILES string of the molecule is COc1cc(C=C(CN)C(C)C)cc(OC)c1OC. The van der Waals surface area contributed by atoms with Crippen molar-refractivity contribution < 1.29 is 14.2 Å². The van der Waals surface area contributed by atoms with Crippen LogP contribution in [0.2, 0.25) is 0 Å². The van der Waals surface area contributed by atoms with Gasteiger partial charge in [-0.25, -0.2) is 0 Å². The summed E-state index contributed by atoms with van der Waals surface area (Å²) in [5.74, 6) is 2.30. The van der Waals surface area contributed by atoms with Gasteiger partial charge in [0, 0.05) is 6.54 Å². The second-order valence-corrected chi connectivity index (χ2v) is 4.54. The maximum absolute atomic E-state index is 5.76. The van der Waals surface area contributed by atoms with Crippen LogP contribution in [0.5, 0.6) is 17.2 Å². The van der Waals surface area contributed by atoms with Gasteiger partial charge >= 0.3 is 0 Å². The maximum Gasteiger partial charge on any atom is 0.203 e. The molecule has 1 rings (SSSR count). The standard InChI is InChI=1S/C15H23NO3/c1-10(2)12(9-16)6-11-7-13(17-3)15(19-5)14(8-11)18-4/h6-8,10H,9,16H2,1-5H3. The van der Waals surface area contributed by atoms with Crippen molar-refractivity contribution in [2.45, 2.75) is 13.8 Å². The smallest absolute Gasteiger partial charge is 0.203 e. The van der Waals surface area contributed by atoms with Gasteiger partial charge in [-0.2, -0.15) is 0 Å². The molecule has 0 heterocycles. The molecule has 1 aromatic rings. The summed E-state index contributed by atoms with van der Waals surface area (Å²) in [6.07, 6.45) is 2.06. The summed E-state index contributed by atoms with van der Waals surface area (Å²) in [6, 6.07) is 3.83. The van der Waals surface area contributed by atoms with Crippen LogP contribution in [0.3, 0.4) is 0 Å². The zero-order valence-corrected chi connectivity index (χ0v) is 12.3. The fraction of sp³-hybridized carbons (Fsp3) is 0.467. The van der Waals surface area contributed by atoms with Crippen molar-refractivity contribution in [1.29, 1.82) is 0 Å². The van der Waals surface area contributed by atoms with Gasteiger partial charge in [0.05, 0.1) is 21.3 Å².